The van der Waals surface area contributed by atoms with Gasteiger partial charge in [0.1, 0.15) is 11.4 Å². The Labute approximate surface area is 181 Å². The minimum atomic E-state index is -5.53. The summed E-state index contributed by atoms with van der Waals surface area (Å²) in [4.78, 5) is 31.7. The number of imide groups is 1. The highest BCUT2D eigenvalue weighted by molar-refractivity contribution is 7.92. The number of sulfone groups is 1. The Morgan fingerprint density at radius 2 is 1.78 bits per heavy atom. The van der Waals surface area contributed by atoms with E-state index >= 15 is 0 Å². The summed E-state index contributed by atoms with van der Waals surface area (Å²) in [7, 11) is -5.53. The van der Waals surface area contributed by atoms with E-state index in [9.17, 15) is 31.2 Å². The zero-order valence-corrected chi connectivity index (χ0v) is 17.7. The summed E-state index contributed by atoms with van der Waals surface area (Å²) in [6.07, 6.45) is 2.53. The molecule has 1 aromatic carbocycles. The maximum Gasteiger partial charge on any atom is 0.501 e. The Hall–Kier alpha value is -3.15. The van der Waals surface area contributed by atoms with E-state index in [1.165, 1.54) is 4.90 Å². The average molecular weight is 468 g/mol. The normalized spacial score (nSPS) is 17.9. The number of hydrogen-bond acceptors (Lipinski definition) is 6. The molecule has 1 N–H and O–H groups in total. The van der Waals surface area contributed by atoms with E-state index in [1.807, 2.05) is 6.92 Å². The number of nitrogens with zero attached hydrogens (tertiary/aromatic N) is 3. The third kappa shape index (κ3) is 3.48. The minimum Gasteiger partial charge on any atom is -0.370 e. The lowest BCUT2D eigenvalue weighted by Crippen LogP contribution is -2.36. The van der Waals surface area contributed by atoms with Crippen molar-refractivity contribution in [3.05, 3.63) is 48.2 Å². The van der Waals surface area contributed by atoms with Crippen LogP contribution >= 0.6 is 0 Å². The minimum absolute atomic E-state index is 0.0120. The molecular formula is C20H19F3N4O4S. The number of benzene rings is 1. The molecule has 1 aliphatic carbocycles. The van der Waals surface area contributed by atoms with E-state index in [0.29, 0.717) is 25.2 Å². The third-order valence-electron chi connectivity index (χ3n) is 5.50. The van der Waals surface area contributed by atoms with Crippen LogP contribution in [0.3, 0.4) is 0 Å². The van der Waals surface area contributed by atoms with E-state index in [4.69, 9.17) is 0 Å². The van der Waals surface area contributed by atoms with Crippen molar-refractivity contribution in [1.29, 1.82) is 0 Å². The second-order valence-corrected chi connectivity index (χ2v) is 9.50. The summed E-state index contributed by atoms with van der Waals surface area (Å²) < 4.78 is 61.4. The molecule has 0 radical (unpaired) electrons. The summed E-state index contributed by atoms with van der Waals surface area (Å²) in [5, 5.41) is 3.07. The van der Waals surface area contributed by atoms with Crippen LogP contribution in [0.25, 0.3) is 0 Å². The molecule has 8 nitrogen and oxygen atoms in total. The number of halogens is 3. The first-order valence-corrected chi connectivity index (χ1v) is 11.3. The average Bonchev–Trinajstić information content (AvgIpc) is 3.50. The summed E-state index contributed by atoms with van der Waals surface area (Å²) >= 11 is 0. The Balaban J connectivity index is 1.61. The van der Waals surface area contributed by atoms with Gasteiger partial charge in [-0.3, -0.25) is 4.79 Å². The van der Waals surface area contributed by atoms with Crippen molar-refractivity contribution in [2.24, 2.45) is 0 Å². The van der Waals surface area contributed by atoms with Gasteiger partial charge in [0.2, 0.25) is 0 Å². The summed E-state index contributed by atoms with van der Waals surface area (Å²) in [6.45, 7) is 2.73. The summed E-state index contributed by atoms with van der Waals surface area (Å²) in [6, 6.07) is 6.44. The summed E-state index contributed by atoms with van der Waals surface area (Å²) in [5.41, 5.74) is -5.66. The van der Waals surface area contributed by atoms with Gasteiger partial charge in [-0.15, -0.1) is 0 Å². The number of pyridine rings is 1. The van der Waals surface area contributed by atoms with Gasteiger partial charge in [-0.2, -0.15) is 13.2 Å². The molecule has 2 heterocycles. The van der Waals surface area contributed by atoms with E-state index in [2.05, 4.69) is 10.3 Å². The molecule has 12 heteroatoms. The van der Waals surface area contributed by atoms with Gasteiger partial charge in [-0.05, 0) is 61.7 Å². The predicted molar refractivity (Wildman–Crippen MR) is 108 cm³/mol. The van der Waals surface area contributed by atoms with E-state index < -0.39 is 37.7 Å². The van der Waals surface area contributed by atoms with Crippen LogP contribution in [0.4, 0.5) is 29.5 Å². The van der Waals surface area contributed by atoms with Crippen molar-refractivity contribution < 1.29 is 31.2 Å². The maximum absolute atomic E-state index is 13.1. The topological polar surface area (TPSA) is 99.7 Å². The van der Waals surface area contributed by atoms with E-state index in [0.717, 1.165) is 34.7 Å². The van der Waals surface area contributed by atoms with Crippen molar-refractivity contribution in [3.8, 4) is 0 Å². The maximum atomic E-state index is 13.1. The molecule has 0 unspecified atom stereocenters. The van der Waals surface area contributed by atoms with Crippen molar-refractivity contribution in [2.45, 2.75) is 42.3 Å². The number of nitrogens with one attached hydrogen (secondary N) is 1. The summed E-state index contributed by atoms with van der Waals surface area (Å²) in [5.74, 6) is 0.154. The number of alkyl halides is 3. The Morgan fingerprint density at radius 1 is 1.12 bits per heavy atom. The van der Waals surface area contributed by atoms with Crippen molar-refractivity contribution in [3.63, 3.8) is 0 Å². The number of urea groups is 1. The fourth-order valence-corrected chi connectivity index (χ4v) is 4.47. The Bertz CT molecular complexity index is 1180. The molecule has 1 aliphatic heterocycles. The number of hydrogen-bond donors (Lipinski definition) is 1. The van der Waals surface area contributed by atoms with Gasteiger partial charge >= 0.3 is 11.5 Å². The number of rotatable bonds is 6. The number of carbonyl (C=O) groups is 2. The number of amides is 3. The largest absolute Gasteiger partial charge is 0.501 e. The SMILES string of the molecule is CCNc1cc(CN2C(=O)N(c3ccc(S(=O)(=O)C(F)(F)F)cc3)C(=O)C23CC3)ccn1. The van der Waals surface area contributed by atoms with Gasteiger partial charge in [0.05, 0.1) is 10.6 Å². The van der Waals surface area contributed by atoms with E-state index in [1.54, 1.807) is 18.3 Å². The molecule has 2 aliphatic rings. The number of anilines is 2. The number of carbonyl (C=O) groups excluding carboxylic acids is 2. The molecule has 32 heavy (non-hydrogen) atoms. The number of aromatic nitrogens is 1. The van der Waals surface area contributed by atoms with Crippen LogP contribution in [-0.4, -0.2) is 47.8 Å². The molecule has 0 atom stereocenters. The van der Waals surface area contributed by atoms with Gasteiger partial charge in [0, 0.05) is 19.3 Å². The smallest absolute Gasteiger partial charge is 0.370 e. The highest BCUT2D eigenvalue weighted by Gasteiger charge is 2.65. The standard InChI is InChI=1S/C20H19F3N4O4S/c1-2-24-16-11-13(7-10-25-16)12-26-18(29)27(17(28)19(26)8-9-19)14-3-5-15(6-4-14)32(30,31)20(21,22)23/h3-7,10-11H,2,8-9,12H2,1H3,(H,24,25). The molecular weight excluding hydrogens is 449 g/mol. The second-order valence-electron chi connectivity index (χ2n) is 7.56. The van der Waals surface area contributed by atoms with Crippen LogP contribution < -0.4 is 10.2 Å². The molecule has 1 aromatic heterocycles. The quantitative estimate of drug-likeness (QED) is 0.653. The van der Waals surface area contributed by atoms with Crippen molar-refractivity contribution in [2.75, 3.05) is 16.8 Å². The molecule has 170 valence electrons. The monoisotopic (exact) mass is 468 g/mol. The Morgan fingerprint density at radius 3 is 2.34 bits per heavy atom. The third-order valence-corrected chi connectivity index (χ3v) is 7.00. The molecule has 1 saturated heterocycles. The Kier molecular flexibility index (Phi) is 5.15. The highest BCUT2D eigenvalue weighted by atomic mass is 32.2. The lowest BCUT2D eigenvalue weighted by atomic mass is 10.2. The molecule has 4 rings (SSSR count). The lowest BCUT2D eigenvalue weighted by Gasteiger charge is -2.21. The fraction of sp³-hybridized carbons (Fsp3) is 0.350. The molecule has 2 fully saturated rings. The molecule has 0 bridgehead atoms. The van der Waals surface area contributed by atoms with Crippen LogP contribution in [0.1, 0.15) is 25.3 Å². The van der Waals surface area contributed by atoms with Crippen LogP contribution in [-0.2, 0) is 21.2 Å². The zero-order chi connectivity index (χ0) is 23.3. The molecule has 2 aromatic rings. The van der Waals surface area contributed by atoms with E-state index in [-0.39, 0.29) is 12.2 Å². The van der Waals surface area contributed by atoms with Crippen LogP contribution in [0, 0.1) is 0 Å². The van der Waals surface area contributed by atoms with Crippen molar-refractivity contribution in [1.82, 2.24) is 9.88 Å². The van der Waals surface area contributed by atoms with Gasteiger partial charge in [0.15, 0.2) is 0 Å². The van der Waals surface area contributed by atoms with Gasteiger partial charge in [0.25, 0.3) is 15.7 Å². The van der Waals surface area contributed by atoms with Gasteiger partial charge in [-0.1, -0.05) is 0 Å². The van der Waals surface area contributed by atoms with Crippen LogP contribution in [0.15, 0.2) is 47.5 Å². The first kappa shape index (κ1) is 22.1. The first-order chi connectivity index (χ1) is 15.0. The highest BCUT2D eigenvalue weighted by Crippen LogP contribution is 2.49. The van der Waals surface area contributed by atoms with Crippen LogP contribution in [0.2, 0.25) is 0 Å². The zero-order valence-electron chi connectivity index (χ0n) is 16.9. The van der Waals surface area contributed by atoms with Crippen LogP contribution in [0.5, 0.6) is 0 Å². The van der Waals surface area contributed by atoms with Crippen molar-refractivity contribution >= 4 is 33.3 Å². The fourth-order valence-electron chi connectivity index (χ4n) is 3.70. The molecule has 3 amide bonds. The predicted octanol–water partition coefficient (Wildman–Crippen LogP) is 3.31. The van der Waals surface area contributed by atoms with Gasteiger partial charge in [-0.25, -0.2) is 23.1 Å². The van der Waals surface area contributed by atoms with Gasteiger partial charge < -0.3 is 10.2 Å². The molecule has 1 saturated carbocycles. The first-order valence-electron chi connectivity index (χ1n) is 9.77. The molecule has 1 spiro atoms. The second kappa shape index (κ2) is 7.47. The lowest BCUT2D eigenvalue weighted by molar-refractivity contribution is -0.120.